The van der Waals surface area contributed by atoms with Crippen LogP contribution in [0.1, 0.15) is 29.5 Å². The number of benzene rings is 2. The second-order valence-electron chi connectivity index (χ2n) is 9.20. The van der Waals surface area contributed by atoms with E-state index in [0.717, 1.165) is 11.1 Å². The molecule has 2 aromatic rings. The minimum absolute atomic E-state index is 0.0411. The van der Waals surface area contributed by atoms with Gasteiger partial charge in [0.2, 0.25) is 17.7 Å². The maximum Gasteiger partial charge on any atom is 0.303 e. The first kappa shape index (κ1) is 23.3. The Morgan fingerprint density at radius 1 is 1.17 bits per heavy atom. The Labute approximate surface area is 206 Å². The van der Waals surface area contributed by atoms with Gasteiger partial charge in [-0.25, -0.2) is 0 Å². The maximum atomic E-state index is 13.8. The molecular weight excluding hydrogens is 474 g/mol. The number of imide groups is 1. The topological polar surface area (TPSA) is 125 Å². The van der Waals surface area contributed by atoms with Crippen molar-refractivity contribution in [3.8, 4) is 5.75 Å². The van der Waals surface area contributed by atoms with Crippen molar-refractivity contribution < 1.29 is 29.0 Å². The predicted octanol–water partition coefficient (Wildman–Crippen LogP) is 2.44. The first-order valence-corrected chi connectivity index (χ1v) is 11.6. The molecule has 2 fully saturated rings. The zero-order valence-corrected chi connectivity index (χ0v) is 19.9. The van der Waals surface area contributed by atoms with E-state index in [4.69, 9.17) is 16.3 Å². The van der Waals surface area contributed by atoms with Gasteiger partial charge in [0.05, 0.1) is 25.5 Å². The van der Waals surface area contributed by atoms with Gasteiger partial charge in [0.15, 0.2) is 0 Å². The molecule has 0 bridgehead atoms. The monoisotopic (exact) mass is 497 g/mol. The first-order valence-electron chi connectivity index (χ1n) is 11.3. The number of carboxylic acids is 1. The molecule has 4 atom stereocenters. The van der Waals surface area contributed by atoms with E-state index in [1.54, 1.807) is 50.4 Å². The molecule has 10 heteroatoms. The SMILES string of the molecule is COc1ccc(CN2C(=O)[C@@H]3[C@@H](CCC(=O)O)N[C@@]4(C(=O)Nc5c(C)cc(Cl)cc54)[C@H]3C2=O)cc1. The van der Waals surface area contributed by atoms with Crippen LogP contribution in [-0.2, 0) is 31.3 Å². The van der Waals surface area contributed by atoms with Crippen LogP contribution in [0.3, 0.4) is 0 Å². The van der Waals surface area contributed by atoms with E-state index < -0.39 is 47.1 Å². The number of carbonyl (C=O) groups is 4. The lowest BCUT2D eigenvalue weighted by atomic mass is 9.76. The molecule has 0 aliphatic carbocycles. The number of rotatable bonds is 6. The Balaban J connectivity index is 1.58. The van der Waals surface area contributed by atoms with Crippen molar-refractivity contribution in [3.63, 3.8) is 0 Å². The summed E-state index contributed by atoms with van der Waals surface area (Å²) in [6.07, 6.45) is -0.115. The van der Waals surface area contributed by atoms with Gasteiger partial charge in [-0.15, -0.1) is 0 Å². The highest BCUT2D eigenvalue weighted by Gasteiger charge is 2.70. The molecule has 1 spiro atoms. The van der Waals surface area contributed by atoms with Gasteiger partial charge < -0.3 is 15.2 Å². The van der Waals surface area contributed by atoms with Crippen LogP contribution in [0.4, 0.5) is 5.69 Å². The van der Waals surface area contributed by atoms with Crippen LogP contribution in [0.25, 0.3) is 0 Å². The standard InChI is InChI=1S/C25H24ClN3O6/c1-12-9-14(26)10-16-21(12)27-24(34)25(16)20-19(17(28-25)7-8-18(30)31)22(32)29(23(20)33)11-13-3-5-15(35-2)6-4-13/h3-6,9-10,17,19-20,28H,7-8,11H2,1-2H3,(H,27,34)(H,30,31)/t17-,19-,20-,25-/m1/s1. The number of methoxy groups -OCH3 is 1. The van der Waals surface area contributed by atoms with Crippen LogP contribution >= 0.6 is 11.6 Å². The summed E-state index contributed by atoms with van der Waals surface area (Å²) in [7, 11) is 1.55. The van der Waals surface area contributed by atoms with Gasteiger partial charge >= 0.3 is 5.97 Å². The fourth-order valence-electron chi connectivity index (χ4n) is 5.69. The minimum Gasteiger partial charge on any atom is -0.497 e. The number of fused-ring (bicyclic) bond motifs is 4. The number of likely N-dealkylation sites (tertiary alicyclic amines) is 1. The summed E-state index contributed by atoms with van der Waals surface area (Å²) in [5.74, 6) is -3.61. The average molecular weight is 498 g/mol. The molecule has 3 aliphatic heterocycles. The fraction of sp³-hybridized carbons (Fsp3) is 0.360. The molecule has 3 amide bonds. The second kappa shape index (κ2) is 8.35. The molecule has 0 radical (unpaired) electrons. The third-order valence-corrected chi connectivity index (χ3v) is 7.46. The molecule has 3 heterocycles. The number of aryl methyl sites for hydroxylation is 1. The lowest BCUT2D eigenvalue weighted by Crippen LogP contribution is -2.53. The summed E-state index contributed by atoms with van der Waals surface area (Å²) in [5.41, 5.74) is 1.01. The number of hydrogen-bond acceptors (Lipinski definition) is 6. The molecule has 3 aliphatic rings. The fourth-order valence-corrected chi connectivity index (χ4v) is 5.96. The van der Waals surface area contributed by atoms with E-state index in [0.29, 0.717) is 22.0 Å². The van der Waals surface area contributed by atoms with E-state index in [-0.39, 0.29) is 19.4 Å². The van der Waals surface area contributed by atoms with Crippen LogP contribution in [0.2, 0.25) is 5.02 Å². The molecule has 9 nitrogen and oxygen atoms in total. The van der Waals surface area contributed by atoms with E-state index in [1.165, 1.54) is 4.90 Å². The average Bonchev–Trinajstić information content (AvgIpc) is 3.39. The number of nitrogens with zero attached hydrogens (tertiary/aromatic N) is 1. The number of hydrogen-bond donors (Lipinski definition) is 3. The van der Waals surface area contributed by atoms with Crippen molar-refractivity contribution in [2.75, 3.05) is 12.4 Å². The van der Waals surface area contributed by atoms with Crippen LogP contribution in [-0.4, -0.2) is 46.8 Å². The number of carboxylic acid groups (broad SMARTS) is 1. The van der Waals surface area contributed by atoms with Crippen molar-refractivity contribution in [2.45, 2.75) is 37.9 Å². The lowest BCUT2D eigenvalue weighted by Gasteiger charge is -2.29. The number of nitrogens with one attached hydrogen (secondary N) is 2. The van der Waals surface area contributed by atoms with E-state index >= 15 is 0 Å². The molecule has 5 rings (SSSR count). The third-order valence-electron chi connectivity index (χ3n) is 7.25. The van der Waals surface area contributed by atoms with Crippen LogP contribution < -0.4 is 15.4 Å². The highest BCUT2D eigenvalue weighted by Crippen LogP contribution is 2.54. The Hall–Kier alpha value is -3.43. The summed E-state index contributed by atoms with van der Waals surface area (Å²) < 4.78 is 5.17. The van der Waals surface area contributed by atoms with Gasteiger partial charge in [0.1, 0.15) is 11.3 Å². The number of carbonyl (C=O) groups excluding carboxylic acids is 3. The third kappa shape index (κ3) is 3.49. The normalized spacial score (nSPS) is 26.8. The summed E-state index contributed by atoms with van der Waals surface area (Å²) >= 11 is 6.33. The summed E-state index contributed by atoms with van der Waals surface area (Å²) in [4.78, 5) is 53.4. The summed E-state index contributed by atoms with van der Waals surface area (Å²) in [5, 5.41) is 15.8. The first-order chi connectivity index (χ1) is 16.7. The molecule has 35 heavy (non-hydrogen) atoms. The quantitative estimate of drug-likeness (QED) is 0.523. The largest absolute Gasteiger partial charge is 0.497 e. The number of ether oxygens (including phenoxy) is 1. The van der Waals surface area contributed by atoms with Crippen molar-refractivity contribution in [1.29, 1.82) is 0 Å². The van der Waals surface area contributed by atoms with Crippen molar-refractivity contribution in [3.05, 3.63) is 58.1 Å². The van der Waals surface area contributed by atoms with E-state index in [9.17, 15) is 24.3 Å². The molecule has 0 saturated carbocycles. The Bertz CT molecular complexity index is 1260. The number of halogens is 1. The highest BCUT2D eigenvalue weighted by molar-refractivity contribution is 6.31. The Morgan fingerprint density at radius 2 is 1.89 bits per heavy atom. The molecule has 0 unspecified atom stereocenters. The van der Waals surface area contributed by atoms with E-state index in [1.807, 2.05) is 0 Å². The molecule has 0 aromatic heterocycles. The number of aliphatic carboxylic acids is 1. The zero-order chi connectivity index (χ0) is 25.1. The second-order valence-corrected chi connectivity index (χ2v) is 9.64. The number of anilines is 1. The van der Waals surface area contributed by atoms with Crippen LogP contribution in [0.15, 0.2) is 36.4 Å². The molecule has 182 valence electrons. The van der Waals surface area contributed by atoms with E-state index in [2.05, 4.69) is 10.6 Å². The highest BCUT2D eigenvalue weighted by atomic mass is 35.5. The van der Waals surface area contributed by atoms with Gasteiger partial charge in [0.25, 0.3) is 0 Å². The van der Waals surface area contributed by atoms with Crippen molar-refractivity contribution >= 4 is 41.0 Å². The van der Waals surface area contributed by atoms with Gasteiger partial charge in [-0.1, -0.05) is 23.7 Å². The Morgan fingerprint density at radius 3 is 2.54 bits per heavy atom. The van der Waals surface area contributed by atoms with Crippen LogP contribution in [0.5, 0.6) is 5.75 Å². The zero-order valence-electron chi connectivity index (χ0n) is 19.1. The number of amides is 3. The molecular formula is C25H24ClN3O6. The minimum atomic E-state index is -1.51. The van der Waals surface area contributed by atoms with Gasteiger partial charge in [0, 0.05) is 28.7 Å². The Kier molecular flexibility index (Phi) is 5.56. The smallest absolute Gasteiger partial charge is 0.303 e. The van der Waals surface area contributed by atoms with Gasteiger partial charge in [-0.3, -0.25) is 29.4 Å². The molecule has 2 aromatic carbocycles. The molecule has 2 saturated heterocycles. The summed E-state index contributed by atoms with van der Waals surface area (Å²) in [6, 6.07) is 9.69. The van der Waals surface area contributed by atoms with Crippen molar-refractivity contribution in [2.24, 2.45) is 11.8 Å². The predicted molar refractivity (Wildman–Crippen MR) is 126 cm³/mol. The maximum absolute atomic E-state index is 13.8. The lowest BCUT2D eigenvalue weighted by molar-refractivity contribution is -0.144. The summed E-state index contributed by atoms with van der Waals surface area (Å²) in [6.45, 7) is 1.84. The molecule has 3 N–H and O–H groups in total. The van der Waals surface area contributed by atoms with Gasteiger partial charge in [-0.2, -0.15) is 0 Å². The van der Waals surface area contributed by atoms with Crippen LogP contribution in [0, 0.1) is 18.8 Å². The van der Waals surface area contributed by atoms with Gasteiger partial charge in [-0.05, 0) is 48.7 Å². The van der Waals surface area contributed by atoms with Crippen molar-refractivity contribution in [1.82, 2.24) is 10.2 Å².